The zero-order valence-electron chi connectivity index (χ0n) is 11.2. The van der Waals surface area contributed by atoms with Crippen molar-refractivity contribution in [3.8, 4) is 0 Å². The van der Waals surface area contributed by atoms with Crippen LogP contribution in [0, 0.1) is 0 Å². The van der Waals surface area contributed by atoms with Gasteiger partial charge in [0.2, 0.25) is 5.78 Å². The van der Waals surface area contributed by atoms with Crippen molar-refractivity contribution < 1.29 is 14.3 Å². The third-order valence-corrected chi connectivity index (χ3v) is 5.06. The number of benzene rings is 1. The number of carbonyl (C=O) groups is 2. The average Bonchev–Trinajstić information content (AvgIpc) is 2.93. The lowest BCUT2D eigenvalue weighted by atomic mass is 10.1. The molecule has 1 heterocycles. The van der Waals surface area contributed by atoms with Crippen LogP contribution in [-0.2, 0) is 9.53 Å². The Morgan fingerprint density at radius 2 is 1.91 bits per heavy atom. The van der Waals surface area contributed by atoms with Crippen LogP contribution in [0.4, 0.5) is 0 Å². The van der Waals surface area contributed by atoms with E-state index in [0.29, 0.717) is 20.5 Å². The van der Waals surface area contributed by atoms with E-state index < -0.39 is 11.8 Å². The maximum absolute atomic E-state index is 12.5. The van der Waals surface area contributed by atoms with Gasteiger partial charge in [-0.2, -0.15) is 0 Å². The molecule has 7 heteroatoms. The lowest BCUT2D eigenvalue weighted by Crippen LogP contribution is -2.13. The molecular weight excluding hydrogens is 411 g/mol. The number of ketones is 1. The van der Waals surface area contributed by atoms with Crippen molar-refractivity contribution >= 4 is 68.3 Å². The summed E-state index contributed by atoms with van der Waals surface area (Å²) in [6.45, 7) is 0. The lowest BCUT2D eigenvalue weighted by Gasteiger charge is -2.04. The molecule has 114 valence electrons. The van der Waals surface area contributed by atoms with Gasteiger partial charge in [0.1, 0.15) is 5.57 Å². The summed E-state index contributed by atoms with van der Waals surface area (Å²) in [4.78, 5) is 24.8. The number of hydrogen-bond donors (Lipinski definition) is 0. The van der Waals surface area contributed by atoms with Gasteiger partial charge in [0.25, 0.3) is 0 Å². The molecule has 0 atom stereocenters. The van der Waals surface area contributed by atoms with Crippen molar-refractivity contribution in [3.05, 3.63) is 60.2 Å². The van der Waals surface area contributed by atoms with Crippen molar-refractivity contribution in [1.82, 2.24) is 0 Å². The van der Waals surface area contributed by atoms with Crippen LogP contribution in [-0.4, -0.2) is 18.9 Å². The molecule has 0 aliphatic rings. The van der Waals surface area contributed by atoms with Gasteiger partial charge in [0.05, 0.1) is 25.8 Å². The summed E-state index contributed by atoms with van der Waals surface area (Å²) in [7, 11) is 1.22. The number of methoxy groups -OCH3 is 1. The van der Waals surface area contributed by atoms with Crippen molar-refractivity contribution in [2.75, 3.05) is 7.11 Å². The third kappa shape index (κ3) is 3.98. The average molecular weight is 420 g/mol. The van der Waals surface area contributed by atoms with E-state index in [9.17, 15) is 9.59 Å². The smallest absolute Gasteiger partial charge is 0.341 e. The van der Waals surface area contributed by atoms with E-state index in [2.05, 4.69) is 15.9 Å². The van der Waals surface area contributed by atoms with E-state index in [4.69, 9.17) is 27.9 Å². The van der Waals surface area contributed by atoms with Gasteiger partial charge in [-0.3, -0.25) is 4.79 Å². The maximum Gasteiger partial charge on any atom is 0.341 e. The first-order valence-corrected chi connectivity index (χ1v) is 8.34. The van der Waals surface area contributed by atoms with Crippen LogP contribution in [0.3, 0.4) is 0 Å². The minimum atomic E-state index is -0.708. The first kappa shape index (κ1) is 17.2. The standard InChI is InChI=1S/C15H9BrCl2O3S/c1-21-15(20)9(14(19)12-4-5-13(16)22-12)6-8-2-3-10(17)11(18)7-8/h2-7H,1H3. The van der Waals surface area contributed by atoms with Crippen molar-refractivity contribution in [1.29, 1.82) is 0 Å². The Hall–Kier alpha value is -1.14. The molecule has 1 aromatic heterocycles. The van der Waals surface area contributed by atoms with Gasteiger partial charge >= 0.3 is 5.97 Å². The number of carbonyl (C=O) groups excluding carboxylic acids is 2. The molecule has 0 N–H and O–H groups in total. The molecule has 0 aliphatic heterocycles. The van der Waals surface area contributed by atoms with Gasteiger partial charge in [-0.05, 0) is 51.8 Å². The van der Waals surface area contributed by atoms with Crippen molar-refractivity contribution in [3.63, 3.8) is 0 Å². The van der Waals surface area contributed by atoms with Gasteiger partial charge in [0.15, 0.2) is 0 Å². The predicted octanol–water partition coefficient (Wildman–Crippen LogP) is 5.26. The molecule has 2 aromatic rings. The summed E-state index contributed by atoms with van der Waals surface area (Å²) in [5, 5.41) is 0.734. The van der Waals surface area contributed by atoms with E-state index in [1.54, 1.807) is 30.3 Å². The molecule has 0 spiro atoms. The summed E-state index contributed by atoms with van der Waals surface area (Å²) in [5.74, 6) is -1.12. The predicted molar refractivity (Wildman–Crippen MR) is 92.8 cm³/mol. The molecule has 0 aliphatic carbocycles. The molecular formula is C15H9BrCl2O3S. The van der Waals surface area contributed by atoms with E-state index in [0.717, 1.165) is 3.79 Å². The van der Waals surface area contributed by atoms with Crippen molar-refractivity contribution in [2.45, 2.75) is 0 Å². The summed E-state index contributed by atoms with van der Waals surface area (Å²) >= 11 is 16.3. The minimum Gasteiger partial charge on any atom is -0.465 e. The minimum absolute atomic E-state index is 0.0739. The van der Waals surface area contributed by atoms with E-state index in [1.807, 2.05) is 0 Å². The summed E-state index contributed by atoms with van der Waals surface area (Å²) < 4.78 is 5.49. The second-order valence-corrected chi connectivity index (χ2v) is 7.43. The topological polar surface area (TPSA) is 43.4 Å². The monoisotopic (exact) mass is 418 g/mol. The highest BCUT2D eigenvalue weighted by Gasteiger charge is 2.22. The van der Waals surface area contributed by atoms with Crippen LogP contribution >= 0.6 is 50.5 Å². The molecule has 0 fully saturated rings. The Bertz CT molecular complexity index is 768. The third-order valence-electron chi connectivity index (χ3n) is 2.70. The number of halogens is 3. The van der Waals surface area contributed by atoms with E-state index >= 15 is 0 Å². The Labute approximate surface area is 149 Å². The zero-order valence-corrected chi connectivity index (χ0v) is 15.1. The van der Waals surface area contributed by atoms with Gasteiger partial charge in [0, 0.05) is 0 Å². The number of esters is 1. The van der Waals surface area contributed by atoms with Crippen LogP contribution in [0.25, 0.3) is 6.08 Å². The van der Waals surface area contributed by atoms with Crippen LogP contribution in [0.1, 0.15) is 15.2 Å². The van der Waals surface area contributed by atoms with Gasteiger partial charge in [-0.1, -0.05) is 29.3 Å². The van der Waals surface area contributed by atoms with Crippen LogP contribution in [0.15, 0.2) is 39.7 Å². The van der Waals surface area contributed by atoms with Crippen LogP contribution in [0.5, 0.6) is 0 Å². The van der Waals surface area contributed by atoms with Gasteiger partial charge < -0.3 is 4.74 Å². The number of ether oxygens (including phenoxy) is 1. The highest BCUT2D eigenvalue weighted by atomic mass is 79.9. The quantitative estimate of drug-likeness (QED) is 0.223. The highest BCUT2D eigenvalue weighted by molar-refractivity contribution is 9.11. The number of thiophene rings is 1. The molecule has 0 saturated carbocycles. The molecule has 0 unspecified atom stereocenters. The number of hydrogen-bond acceptors (Lipinski definition) is 4. The Kier molecular flexibility index (Phi) is 5.81. The van der Waals surface area contributed by atoms with Crippen LogP contribution < -0.4 is 0 Å². The Morgan fingerprint density at radius 3 is 2.45 bits per heavy atom. The Balaban J connectivity index is 2.45. The lowest BCUT2D eigenvalue weighted by molar-refractivity contribution is -0.135. The second kappa shape index (κ2) is 7.42. The van der Waals surface area contributed by atoms with Crippen LogP contribution in [0.2, 0.25) is 10.0 Å². The SMILES string of the molecule is COC(=O)C(=Cc1ccc(Cl)c(Cl)c1)C(=O)c1ccc(Br)s1. The first-order chi connectivity index (χ1) is 10.4. The van der Waals surface area contributed by atoms with Gasteiger partial charge in [-0.15, -0.1) is 11.3 Å². The number of rotatable bonds is 4. The normalized spacial score (nSPS) is 11.4. The fourth-order valence-electron chi connectivity index (χ4n) is 1.67. The molecule has 2 rings (SSSR count). The highest BCUT2D eigenvalue weighted by Crippen LogP contribution is 2.27. The summed E-state index contributed by atoms with van der Waals surface area (Å²) in [6.07, 6.45) is 1.43. The number of Topliss-reactive ketones (excluding diaryl/α,β-unsaturated/α-hetero) is 1. The first-order valence-electron chi connectivity index (χ1n) is 5.97. The van der Waals surface area contributed by atoms with Crippen molar-refractivity contribution in [2.24, 2.45) is 0 Å². The zero-order chi connectivity index (χ0) is 16.3. The van der Waals surface area contributed by atoms with Gasteiger partial charge in [-0.25, -0.2) is 4.79 Å². The summed E-state index contributed by atoms with van der Waals surface area (Å²) in [5.41, 5.74) is 0.508. The van der Waals surface area contributed by atoms with E-state index in [1.165, 1.54) is 24.5 Å². The molecule has 0 amide bonds. The fraction of sp³-hybridized carbons (Fsp3) is 0.0667. The second-order valence-electron chi connectivity index (χ2n) is 4.16. The molecule has 22 heavy (non-hydrogen) atoms. The van der Waals surface area contributed by atoms with E-state index in [-0.39, 0.29) is 5.57 Å². The molecule has 0 bridgehead atoms. The maximum atomic E-state index is 12.5. The molecule has 1 aromatic carbocycles. The molecule has 0 saturated heterocycles. The molecule has 3 nitrogen and oxygen atoms in total. The molecule has 0 radical (unpaired) electrons. The fourth-order valence-corrected chi connectivity index (χ4v) is 3.31. The summed E-state index contributed by atoms with van der Waals surface area (Å²) in [6, 6.07) is 8.21. The largest absolute Gasteiger partial charge is 0.465 e. The Morgan fingerprint density at radius 1 is 1.18 bits per heavy atom.